The summed E-state index contributed by atoms with van der Waals surface area (Å²) in [5, 5.41) is 5.76. The number of carbonyl (C=O) groups is 2. The van der Waals surface area contributed by atoms with Crippen LogP contribution in [0.2, 0.25) is 0 Å². The van der Waals surface area contributed by atoms with E-state index in [-0.39, 0.29) is 11.8 Å². The summed E-state index contributed by atoms with van der Waals surface area (Å²) >= 11 is 0. The summed E-state index contributed by atoms with van der Waals surface area (Å²) in [5.74, 6) is -0.446. The fraction of sp³-hybridized carbons (Fsp3) is 0.333. The fourth-order valence-electron chi connectivity index (χ4n) is 2.83. The van der Waals surface area contributed by atoms with Crippen molar-refractivity contribution >= 4 is 23.2 Å². The van der Waals surface area contributed by atoms with E-state index in [4.69, 9.17) is 0 Å². The van der Waals surface area contributed by atoms with E-state index in [0.717, 1.165) is 24.2 Å². The molecule has 1 saturated carbocycles. The van der Waals surface area contributed by atoms with Gasteiger partial charge in [0.15, 0.2) is 0 Å². The summed E-state index contributed by atoms with van der Waals surface area (Å²) in [6.45, 7) is 4.17. The van der Waals surface area contributed by atoms with Crippen molar-refractivity contribution in [2.45, 2.75) is 39.5 Å². The Kier molecular flexibility index (Phi) is 4.88. The van der Waals surface area contributed by atoms with Gasteiger partial charge in [0.1, 0.15) is 5.41 Å². The first-order valence-electron chi connectivity index (χ1n) is 8.88. The topological polar surface area (TPSA) is 58.2 Å². The Morgan fingerprint density at radius 3 is 1.40 bits per heavy atom. The van der Waals surface area contributed by atoms with Crippen molar-refractivity contribution in [3.05, 3.63) is 59.7 Å². The van der Waals surface area contributed by atoms with Crippen LogP contribution in [0.3, 0.4) is 0 Å². The molecule has 3 rings (SSSR count). The lowest BCUT2D eigenvalue weighted by Crippen LogP contribution is -2.35. The van der Waals surface area contributed by atoms with Gasteiger partial charge in [-0.25, -0.2) is 0 Å². The first-order chi connectivity index (χ1) is 12.1. The number of rotatable bonds is 6. The van der Waals surface area contributed by atoms with Crippen LogP contribution in [0.5, 0.6) is 0 Å². The van der Waals surface area contributed by atoms with Crippen molar-refractivity contribution in [2.24, 2.45) is 5.41 Å². The van der Waals surface area contributed by atoms with Gasteiger partial charge in [0.05, 0.1) is 0 Å². The molecule has 0 heterocycles. The highest BCUT2D eigenvalue weighted by molar-refractivity contribution is 6.16. The molecule has 0 radical (unpaired) electrons. The van der Waals surface area contributed by atoms with Crippen molar-refractivity contribution in [1.29, 1.82) is 0 Å². The predicted molar refractivity (Wildman–Crippen MR) is 101 cm³/mol. The second-order valence-electron chi connectivity index (χ2n) is 6.59. The Balaban J connectivity index is 1.65. The molecule has 0 aromatic heterocycles. The highest BCUT2D eigenvalue weighted by Gasteiger charge is 2.56. The Hall–Kier alpha value is -2.62. The molecular weight excluding hydrogens is 312 g/mol. The maximum absolute atomic E-state index is 12.6. The summed E-state index contributed by atoms with van der Waals surface area (Å²) in [6, 6.07) is 15.5. The minimum Gasteiger partial charge on any atom is -0.325 e. The fourth-order valence-corrected chi connectivity index (χ4v) is 2.83. The zero-order valence-electron chi connectivity index (χ0n) is 14.8. The van der Waals surface area contributed by atoms with Crippen LogP contribution in [0.4, 0.5) is 11.4 Å². The van der Waals surface area contributed by atoms with Crippen molar-refractivity contribution in [2.75, 3.05) is 10.6 Å². The Morgan fingerprint density at radius 1 is 0.760 bits per heavy atom. The number of nitrogens with one attached hydrogen (secondary N) is 2. The third kappa shape index (κ3) is 3.73. The van der Waals surface area contributed by atoms with Crippen LogP contribution in [0.15, 0.2) is 48.5 Å². The molecule has 2 aromatic carbocycles. The molecule has 0 bridgehead atoms. The highest BCUT2D eigenvalue weighted by Crippen LogP contribution is 2.47. The summed E-state index contributed by atoms with van der Waals surface area (Å²) < 4.78 is 0. The molecule has 4 nitrogen and oxygen atoms in total. The molecule has 2 aromatic rings. The molecule has 0 aliphatic heterocycles. The lowest BCUT2D eigenvalue weighted by Gasteiger charge is -2.16. The van der Waals surface area contributed by atoms with Gasteiger partial charge in [0.2, 0.25) is 11.8 Å². The van der Waals surface area contributed by atoms with Gasteiger partial charge in [0.25, 0.3) is 0 Å². The third-order valence-corrected chi connectivity index (χ3v) is 4.86. The van der Waals surface area contributed by atoms with Crippen molar-refractivity contribution < 1.29 is 9.59 Å². The normalized spacial score (nSPS) is 14.6. The lowest BCUT2D eigenvalue weighted by molar-refractivity contribution is -0.131. The molecule has 0 unspecified atom stereocenters. The van der Waals surface area contributed by atoms with Gasteiger partial charge in [-0.15, -0.1) is 0 Å². The van der Waals surface area contributed by atoms with E-state index in [1.807, 2.05) is 48.5 Å². The van der Waals surface area contributed by atoms with E-state index in [9.17, 15) is 9.59 Å². The number of hydrogen-bond acceptors (Lipinski definition) is 2. The molecule has 0 spiro atoms. The van der Waals surface area contributed by atoms with E-state index in [0.29, 0.717) is 12.8 Å². The molecule has 1 aliphatic rings. The summed E-state index contributed by atoms with van der Waals surface area (Å²) in [6.07, 6.45) is 3.09. The molecule has 2 N–H and O–H groups in total. The summed E-state index contributed by atoms with van der Waals surface area (Å²) in [5.41, 5.74) is 2.95. The Labute approximate surface area is 148 Å². The number of aryl methyl sites for hydroxylation is 2. The van der Waals surface area contributed by atoms with Crippen molar-refractivity contribution in [1.82, 2.24) is 0 Å². The monoisotopic (exact) mass is 336 g/mol. The second kappa shape index (κ2) is 7.09. The Bertz CT molecular complexity index is 696. The molecule has 130 valence electrons. The first-order valence-corrected chi connectivity index (χ1v) is 8.88. The van der Waals surface area contributed by atoms with E-state index in [1.54, 1.807) is 0 Å². The molecule has 0 atom stereocenters. The quantitative estimate of drug-likeness (QED) is 0.778. The SMILES string of the molecule is CCc1ccc(NC(=O)C2(C(=O)Nc3ccc(CC)cc3)CC2)cc1. The molecule has 1 fully saturated rings. The van der Waals surface area contributed by atoms with Gasteiger partial charge in [-0.1, -0.05) is 38.1 Å². The number of anilines is 2. The van der Waals surface area contributed by atoms with Gasteiger partial charge in [-0.2, -0.15) is 0 Å². The van der Waals surface area contributed by atoms with Gasteiger partial charge < -0.3 is 10.6 Å². The van der Waals surface area contributed by atoms with Gasteiger partial charge >= 0.3 is 0 Å². The summed E-state index contributed by atoms with van der Waals surface area (Å²) in [7, 11) is 0. The van der Waals surface area contributed by atoms with Gasteiger partial charge in [-0.05, 0) is 61.1 Å². The van der Waals surface area contributed by atoms with Crippen LogP contribution in [0, 0.1) is 5.41 Å². The van der Waals surface area contributed by atoms with E-state index < -0.39 is 5.41 Å². The van der Waals surface area contributed by atoms with Crippen molar-refractivity contribution in [3.8, 4) is 0 Å². The Morgan fingerprint density at radius 2 is 1.12 bits per heavy atom. The molecular formula is C21H24N2O2. The molecule has 1 aliphatic carbocycles. The van der Waals surface area contributed by atoms with Crippen LogP contribution in [-0.2, 0) is 22.4 Å². The standard InChI is InChI=1S/C21H24N2O2/c1-3-15-5-9-17(10-6-15)22-19(24)21(13-14-21)20(25)23-18-11-7-16(4-2)8-12-18/h5-12H,3-4,13-14H2,1-2H3,(H,22,24)(H,23,25). The zero-order chi connectivity index (χ0) is 17.9. The first kappa shape index (κ1) is 17.2. The van der Waals surface area contributed by atoms with Crippen LogP contribution in [0.1, 0.15) is 37.8 Å². The zero-order valence-corrected chi connectivity index (χ0v) is 14.8. The average Bonchev–Trinajstić information content (AvgIpc) is 3.45. The maximum atomic E-state index is 12.6. The van der Waals surface area contributed by atoms with Crippen molar-refractivity contribution in [3.63, 3.8) is 0 Å². The number of amides is 2. The third-order valence-electron chi connectivity index (χ3n) is 4.86. The molecule has 2 amide bonds. The molecule has 25 heavy (non-hydrogen) atoms. The van der Waals surface area contributed by atoms with Crippen LogP contribution in [-0.4, -0.2) is 11.8 Å². The maximum Gasteiger partial charge on any atom is 0.240 e. The molecule has 0 saturated heterocycles. The highest BCUT2D eigenvalue weighted by atomic mass is 16.2. The van der Waals surface area contributed by atoms with E-state index >= 15 is 0 Å². The predicted octanol–water partition coefficient (Wildman–Crippen LogP) is 4.17. The average molecular weight is 336 g/mol. The van der Waals surface area contributed by atoms with Crippen LogP contribution < -0.4 is 10.6 Å². The van der Waals surface area contributed by atoms with E-state index in [2.05, 4.69) is 24.5 Å². The van der Waals surface area contributed by atoms with Crippen LogP contribution >= 0.6 is 0 Å². The lowest BCUT2D eigenvalue weighted by atomic mass is 10.0. The van der Waals surface area contributed by atoms with Gasteiger partial charge in [-0.3, -0.25) is 9.59 Å². The summed E-state index contributed by atoms with van der Waals surface area (Å²) in [4.78, 5) is 25.2. The van der Waals surface area contributed by atoms with Gasteiger partial charge in [0, 0.05) is 11.4 Å². The smallest absolute Gasteiger partial charge is 0.240 e. The van der Waals surface area contributed by atoms with Crippen LogP contribution in [0.25, 0.3) is 0 Å². The molecule has 4 heteroatoms. The minimum absolute atomic E-state index is 0.223. The minimum atomic E-state index is -0.938. The number of carbonyl (C=O) groups excluding carboxylic acids is 2. The second-order valence-corrected chi connectivity index (χ2v) is 6.59. The number of benzene rings is 2. The largest absolute Gasteiger partial charge is 0.325 e. The number of hydrogen-bond donors (Lipinski definition) is 2. The van der Waals surface area contributed by atoms with E-state index in [1.165, 1.54) is 11.1 Å².